The molecule has 16 heavy (non-hydrogen) atoms. The summed E-state index contributed by atoms with van der Waals surface area (Å²) in [5.41, 5.74) is 2.19. The van der Waals surface area contributed by atoms with Gasteiger partial charge in [0.2, 0.25) is 0 Å². The maximum absolute atomic E-state index is 9.69. The molecule has 1 nitrogen and oxygen atoms in total. The molecule has 0 bridgehead atoms. The zero-order valence-electron chi connectivity index (χ0n) is 11.2. The highest BCUT2D eigenvalue weighted by Gasteiger charge is 2.51. The molecule has 0 radical (unpaired) electrons. The largest absolute Gasteiger partial charge is 0.396 e. The number of hydrogen-bond donors (Lipinski definition) is 1. The fourth-order valence-electron chi connectivity index (χ4n) is 4.49. The average molecular weight is 222 g/mol. The monoisotopic (exact) mass is 222 g/mol. The van der Waals surface area contributed by atoms with E-state index in [1.165, 1.54) is 31.3 Å². The van der Waals surface area contributed by atoms with E-state index in [0.717, 1.165) is 5.92 Å². The highest BCUT2D eigenvalue weighted by atomic mass is 16.3. The van der Waals surface area contributed by atoms with E-state index in [2.05, 4.69) is 33.8 Å². The van der Waals surface area contributed by atoms with Crippen LogP contribution in [-0.2, 0) is 0 Å². The molecule has 0 amide bonds. The van der Waals surface area contributed by atoms with Gasteiger partial charge in [0, 0.05) is 5.92 Å². The Balaban J connectivity index is 2.39. The Labute approximate surface area is 99.9 Å². The molecule has 1 heteroatoms. The normalized spacial score (nSPS) is 42.4. The number of rotatable bonds is 1. The van der Waals surface area contributed by atoms with Crippen LogP contribution in [0.1, 0.15) is 53.4 Å². The summed E-state index contributed by atoms with van der Waals surface area (Å²) in [6.45, 7) is 9.77. The minimum absolute atomic E-state index is 0.325. The van der Waals surface area contributed by atoms with Crippen LogP contribution in [0.2, 0.25) is 0 Å². The van der Waals surface area contributed by atoms with Crippen molar-refractivity contribution < 1.29 is 5.11 Å². The SMILES string of the molecule is CC1=CC[C@H]2C(C)(C)CCC[C@@]2(C)[C@H]1CO. The van der Waals surface area contributed by atoms with Crippen molar-refractivity contribution in [2.45, 2.75) is 53.4 Å². The molecule has 1 saturated carbocycles. The molecule has 0 aliphatic heterocycles. The predicted octanol–water partition coefficient (Wildman–Crippen LogP) is 3.78. The molecule has 0 aromatic carbocycles. The topological polar surface area (TPSA) is 20.2 Å². The quantitative estimate of drug-likeness (QED) is 0.669. The second kappa shape index (κ2) is 3.87. The van der Waals surface area contributed by atoms with Crippen LogP contribution in [0.5, 0.6) is 0 Å². The lowest BCUT2D eigenvalue weighted by Crippen LogP contribution is -2.49. The lowest BCUT2D eigenvalue weighted by Gasteiger charge is -2.56. The summed E-state index contributed by atoms with van der Waals surface area (Å²) in [6, 6.07) is 0. The van der Waals surface area contributed by atoms with Crippen molar-refractivity contribution in [2.24, 2.45) is 22.7 Å². The minimum Gasteiger partial charge on any atom is -0.396 e. The second-order valence-electron chi connectivity index (χ2n) is 6.82. The van der Waals surface area contributed by atoms with Crippen LogP contribution in [0, 0.1) is 22.7 Å². The van der Waals surface area contributed by atoms with Gasteiger partial charge in [0.25, 0.3) is 0 Å². The summed E-state index contributed by atoms with van der Waals surface area (Å²) < 4.78 is 0. The molecule has 92 valence electrons. The van der Waals surface area contributed by atoms with Crippen LogP contribution in [0.15, 0.2) is 11.6 Å². The summed E-state index contributed by atoms with van der Waals surface area (Å²) in [5.74, 6) is 1.14. The Morgan fingerprint density at radius 2 is 2.00 bits per heavy atom. The molecule has 0 aromatic heterocycles. The predicted molar refractivity (Wildman–Crippen MR) is 68.2 cm³/mol. The molecule has 0 unspecified atom stereocenters. The van der Waals surface area contributed by atoms with E-state index in [1.807, 2.05) is 0 Å². The van der Waals surface area contributed by atoms with Crippen molar-refractivity contribution >= 4 is 0 Å². The van der Waals surface area contributed by atoms with Crippen LogP contribution >= 0.6 is 0 Å². The van der Waals surface area contributed by atoms with Crippen molar-refractivity contribution in [2.75, 3.05) is 6.61 Å². The van der Waals surface area contributed by atoms with E-state index in [9.17, 15) is 5.11 Å². The van der Waals surface area contributed by atoms with Crippen LogP contribution in [0.4, 0.5) is 0 Å². The third-order valence-corrected chi connectivity index (χ3v) is 5.48. The zero-order valence-corrected chi connectivity index (χ0v) is 11.2. The average Bonchev–Trinajstić information content (AvgIpc) is 2.15. The Kier molecular flexibility index (Phi) is 2.94. The molecule has 0 heterocycles. The smallest absolute Gasteiger partial charge is 0.0501 e. The third kappa shape index (κ3) is 1.64. The molecular weight excluding hydrogens is 196 g/mol. The van der Waals surface area contributed by atoms with Gasteiger partial charge in [-0.3, -0.25) is 0 Å². The first-order valence-electron chi connectivity index (χ1n) is 6.69. The molecule has 1 N–H and O–H groups in total. The molecule has 0 saturated heterocycles. The van der Waals surface area contributed by atoms with Crippen molar-refractivity contribution in [3.63, 3.8) is 0 Å². The number of aliphatic hydroxyl groups excluding tert-OH is 1. The maximum Gasteiger partial charge on any atom is 0.0501 e. The van der Waals surface area contributed by atoms with Gasteiger partial charge in [0.1, 0.15) is 0 Å². The van der Waals surface area contributed by atoms with Crippen molar-refractivity contribution in [1.29, 1.82) is 0 Å². The molecule has 2 rings (SSSR count). The van der Waals surface area contributed by atoms with Crippen LogP contribution in [0.25, 0.3) is 0 Å². The van der Waals surface area contributed by atoms with E-state index in [0.29, 0.717) is 23.4 Å². The maximum atomic E-state index is 9.69. The summed E-state index contributed by atoms with van der Waals surface area (Å²) in [6.07, 6.45) is 7.55. The molecule has 0 spiro atoms. The Morgan fingerprint density at radius 1 is 1.31 bits per heavy atom. The molecular formula is C15H26O. The highest BCUT2D eigenvalue weighted by Crippen LogP contribution is 2.59. The number of allylic oxidation sites excluding steroid dienone is 1. The number of hydrogen-bond acceptors (Lipinski definition) is 1. The first-order chi connectivity index (χ1) is 7.42. The van der Waals surface area contributed by atoms with Gasteiger partial charge in [-0.2, -0.15) is 0 Å². The summed E-state index contributed by atoms with van der Waals surface area (Å²) >= 11 is 0. The van der Waals surface area contributed by atoms with Gasteiger partial charge in [-0.05, 0) is 42.9 Å². The summed E-state index contributed by atoms with van der Waals surface area (Å²) in [5, 5.41) is 9.69. The van der Waals surface area contributed by atoms with Crippen LogP contribution in [0.3, 0.4) is 0 Å². The fraction of sp³-hybridized carbons (Fsp3) is 0.867. The lowest BCUT2D eigenvalue weighted by atomic mass is 9.49. The Morgan fingerprint density at radius 3 is 2.62 bits per heavy atom. The van der Waals surface area contributed by atoms with Gasteiger partial charge in [-0.1, -0.05) is 38.8 Å². The summed E-state index contributed by atoms with van der Waals surface area (Å²) in [7, 11) is 0. The van der Waals surface area contributed by atoms with Crippen LogP contribution in [-0.4, -0.2) is 11.7 Å². The van der Waals surface area contributed by atoms with E-state index in [4.69, 9.17) is 0 Å². The fourth-order valence-corrected chi connectivity index (χ4v) is 4.49. The molecule has 2 aliphatic rings. The molecule has 1 fully saturated rings. The van der Waals surface area contributed by atoms with Gasteiger partial charge in [0.15, 0.2) is 0 Å². The van der Waals surface area contributed by atoms with Gasteiger partial charge >= 0.3 is 0 Å². The van der Waals surface area contributed by atoms with Crippen molar-refractivity contribution in [3.05, 3.63) is 11.6 Å². The zero-order chi connectivity index (χ0) is 12.0. The Hall–Kier alpha value is -0.300. The highest BCUT2D eigenvalue weighted by molar-refractivity contribution is 5.18. The van der Waals surface area contributed by atoms with Crippen molar-refractivity contribution in [1.82, 2.24) is 0 Å². The Bertz CT molecular complexity index is 303. The summed E-state index contributed by atoms with van der Waals surface area (Å²) in [4.78, 5) is 0. The van der Waals surface area contributed by atoms with E-state index in [-0.39, 0.29) is 0 Å². The van der Waals surface area contributed by atoms with Crippen LogP contribution < -0.4 is 0 Å². The van der Waals surface area contributed by atoms with E-state index in [1.54, 1.807) is 0 Å². The first kappa shape index (κ1) is 12.2. The van der Waals surface area contributed by atoms with E-state index >= 15 is 0 Å². The molecule has 2 aliphatic carbocycles. The number of fused-ring (bicyclic) bond motifs is 1. The van der Waals surface area contributed by atoms with Gasteiger partial charge in [-0.15, -0.1) is 0 Å². The number of aliphatic hydroxyl groups is 1. The molecule has 0 aromatic rings. The van der Waals surface area contributed by atoms with Gasteiger partial charge in [0.05, 0.1) is 6.61 Å². The third-order valence-electron chi connectivity index (χ3n) is 5.48. The van der Waals surface area contributed by atoms with Crippen molar-refractivity contribution in [3.8, 4) is 0 Å². The van der Waals surface area contributed by atoms with Gasteiger partial charge in [-0.25, -0.2) is 0 Å². The standard InChI is InChI=1S/C15H26O/c1-11-6-7-13-14(2,3)8-5-9-15(13,4)12(11)10-16/h6,12-13,16H,5,7-10H2,1-4H3/t12-,13-,15-/m0/s1. The lowest BCUT2D eigenvalue weighted by molar-refractivity contribution is -0.0509. The minimum atomic E-state index is 0.325. The first-order valence-corrected chi connectivity index (χ1v) is 6.69. The van der Waals surface area contributed by atoms with Gasteiger partial charge < -0.3 is 5.11 Å². The van der Waals surface area contributed by atoms with E-state index < -0.39 is 0 Å². The second-order valence-corrected chi connectivity index (χ2v) is 6.82. The molecule has 3 atom stereocenters.